The van der Waals surface area contributed by atoms with E-state index >= 15 is 0 Å². The van der Waals surface area contributed by atoms with E-state index in [1.165, 1.54) is 0 Å². The number of carbonyl (C=O) groups is 1. The molecule has 1 aromatic heterocycles. The molecule has 6 N–H and O–H groups in total. The normalized spacial score (nSPS) is 11.2. The van der Waals surface area contributed by atoms with E-state index in [1.807, 2.05) is 5.43 Å². The fraction of sp³-hybridized carbons (Fsp3) is 0.400. The van der Waals surface area contributed by atoms with Gasteiger partial charge < -0.3 is 16.5 Å². The van der Waals surface area contributed by atoms with Crippen molar-refractivity contribution in [2.24, 2.45) is 11.6 Å². The van der Waals surface area contributed by atoms with Gasteiger partial charge in [-0.3, -0.25) is 4.79 Å². The first-order valence-electron chi connectivity index (χ1n) is 5.14. The largest absolute Gasteiger partial charge is 0.370 e. The van der Waals surface area contributed by atoms with Crippen LogP contribution in [0, 0.1) is 11.6 Å². The van der Waals surface area contributed by atoms with Gasteiger partial charge in [0.15, 0.2) is 23.3 Å². The van der Waals surface area contributed by atoms with Gasteiger partial charge in [0.2, 0.25) is 5.91 Å². The number of rotatable bonds is 5. The lowest BCUT2D eigenvalue weighted by atomic mass is 10.0. The molecular formula is C10H15F2N5O. The second-order valence-electron chi connectivity index (χ2n) is 4.45. The van der Waals surface area contributed by atoms with Crippen molar-refractivity contribution < 1.29 is 13.6 Å². The Morgan fingerprint density at radius 3 is 2.44 bits per heavy atom. The van der Waals surface area contributed by atoms with Crippen LogP contribution in [0.15, 0.2) is 6.07 Å². The van der Waals surface area contributed by atoms with Gasteiger partial charge in [0.25, 0.3) is 0 Å². The number of anilines is 2. The van der Waals surface area contributed by atoms with E-state index in [-0.39, 0.29) is 18.1 Å². The zero-order chi connectivity index (χ0) is 13.9. The molecule has 1 aromatic rings. The highest BCUT2D eigenvalue weighted by molar-refractivity contribution is 5.75. The molecule has 6 nitrogen and oxygen atoms in total. The van der Waals surface area contributed by atoms with Crippen LogP contribution in [0.5, 0.6) is 0 Å². The molecule has 0 saturated carbocycles. The van der Waals surface area contributed by atoms with Crippen LogP contribution in [0.1, 0.15) is 20.3 Å². The number of nitrogen functional groups attached to an aromatic ring is 1. The Balaban J connectivity index is 3.00. The number of hydrogen-bond donors (Lipinski definition) is 4. The van der Waals surface area contributed by atoms with Crippen molar-refractivity contribution in [2.45, 2.75) is 25.8 Å². The van der Waals surface area contributed by atoms with Gasteiger partial charge in [-0.05, 0) is 13.8 Å². The van der Waals surface area contributed by atoms with Crippen LogP contribution < -0.4 is 22.3 Å². The van der Waals surface area contributed by atoms with Crippen LogP contribution >= 0.6 is 0 Å². The van der Waals surface area contributed by atoms with Crippen molar-refractivity contribution in [3.63, 3.8) is 0 Å². The number of pyridine rings is 1. The Labute approximate surface area is 103 Å². The monoisotopic (exact) mass is 259 g/mol. The maximum absolute atomic E-state index is 13.5. The molecule has 0 aromatic carbocycles. The summed E-state index contributed by atoms with van der Waals surface area (Å²) in [6.45, 7) is 3.27. The number of nitrogens with zero attached hydrogens (tertiary/aromatic N) is 1. The van der Waals surface area contributed by atoms with E-state index in [1.54, 1.807) is 13.8 Å². The number of carbonyl (C=O) groups excluding carboxylic acids is 1. The quantitative estimate of drug-likeness (QED) is 0.460. The number of aromatic nitrogens is 1. The van der Waals surface area contributed by atoms with E-state index in [9.17, 15) is 13.6 Å². The zero-order valence-corrected chi connectivity index (χ0v) is 10.1. The molecule has 0 saturated heterocycles. The Kier molecular flexibility index (Phi) is 4.02. The van der Waals surface area contributed by atoms with Crippen molar-refractivity contribution in [3.05, 3.63) is 17.7 Å². The lowest BCUT2D eigenvalue weighted by Gasteiger charge is -2.25. The van der Waals surface area contributed by atoms with Crippen molar-refractivity contribution >= 4 is 17.5 Å². The highest BCUT2D eigenvalue weighted by Crippen LogP contribution is 2.22. The maximum Gasteiger partial charge on any atom is 0.219 e. The Morgan fingerprint density at radius 2 is 1.94 bits per heavy atom. The fourth-order valence-electron chi connectivity index (χ4n) is 1.46. The van der Waals surface area contributed by atoms with E-state index in [0.29, 0.717) is 6.07 Å². The minimum absolute atomic E-state index is 0.0309. The fourth-order valence-corrected chi connectivity index (χ4v) is 1.46. The van der Waals surface area contributed by atoms with Gasteiger partial charge >= 0.3 is 0 Å². The van der Waals surface area contributed by atoms with Crippen LogP contribution in [-0.4, -0.2) is 16.4 Å². The topological polar surface area (TPSA) is 106 Å². The van der Waals surface area contributed by atoms with Gasteiger partial charge in [-0.25, -0.2) is 19.6 Å². The van der Waals surface area contributed by atoms with Crippen LogP contribution in [0.25, 0.3) is 0 Å². The van der Waals surface area contributed by atoms with Crippen LogP contribution in [-0.2, 0) is 4.79 Å². The number of amides is 1. The molecule has 0 aliphatic heterocycles. The lowest BCUT2D eigenvalue weighted by molar-refractivity contribution is -0.118. The average molecular weight is 259 g/mol. The molecule has 0 atom stereocenters. The Bertz CT molecular complexity index is 464. The zero-order valence-electron chi connectivity index (χ0n) is 10.1. The molecule has 1 amide bonds. The first-order chi connectivity index (χ1) is 8.25. The second-order valence-corrected chi connectivity index (χ2v) is 4.45. The summed E-state index contributed by atoms with van der Waals surface area (Å²) in [5.74, 6) is 2.18. The Morgan fingerprint density at radius 1 is 1.39 bits per heavy atom. The number of nitrogens with two attached hydrogens (primary N) is 2. The van der Waals surface area contributed by atoms with Crippen LogP contribution in [0.3, 0.4) is 0 Å². The number of nitrogens with one attached hydrogen (secondary N) is 2. The van der Waals surface area contributed by atoms with Gasteiger partial charge in [0.05, 0.1) is 0 Å². The molecular weight excluding hydrogens is 244 g/mol. The summed E-state index contributed by atoms with van der Waals surface area (Å²) in [5, 5.41) is 2.67. The van der Waals surface area contributed by atoms with Gasteiger partial charge in [-0.15, -0.1) is 0 Å². The SMILES string of the molecule is CC(C)(CC(N)=O)Nc1nc(NN)c(F)cc1F. The summed E-state index contributed by atoms with van der Waals surface area (Å²) < 4.78 is 26.6. The van der Waals surface area contributed by atoms with Crippen molar-refractivity contribution in [3.8, 4) is 0 Å². The van der Waals surface area contributed by atoms with Crippen molar-refractivity contribution in [2.75, 3.05) is 10.7 Å². The third-order valence-corrected chi connectivity index (χ3v) is 2.14. The van der Waals surface area contributed by atoms with E-state index in [2.05, 4.69) is 10.3 Å². The molecule has 0 radical (unpaired) electrons. The van der Waals surface area contributed by atoms with E-state index < -0.39 is 23.1 Å². The smallest absolute Gasteiger partial charge is 0.219 e. The molecule has 0 aliphatic carbocycles. The summed E-state index contributed by atoms with van der Waals surface area (Å²) in [6, 6.07) is 0.644. The summed E-state index contributed by atoms with van der Waals surface area (Å²) in [5.41, 5.74) is 6.25. The Hall–Kier alpha value is -1.96. The molecule has 0 spiro atoms. The summed E-state index contributed by atoms with van der Waals surface area (Å²) in [6.07, 6.45) is -0.0309. The van der Waals surface area contributed by atoms with Gasteiger partial charge in [-0.2, -0.15) is 0 Å². The lowest BCUT2D eigenvalue weighted by Crippen LogP contribution is -2.36. The molecule has 100 valence electrons. The minimum Gasteiger partial charge on any atom is -0.370 e. The van der Waals surface area contributed by atoms with Gasteiger partial charge in [0, 0.05) is 18.0 Å². The highest BCUT2D eigenvalue weighted by atomic mass is 19.1. The molecule has 0 bridgehead atoms. The molecule has 0 unspecified atom stereocenters. The third kappa shape index (κ3) is 3.52. The number of hydrazine groups is 1. The van der Waals surface area contributed by atoms with Crippen LogP contribution in [0.4, 0.5) is 20.4 Å². The first-order valence-corrected chi connectivity index (χ1v) is 5.14. The molecule has 18 heavy (non-hydrogen) atoms. The van der Waals surface area contributed by atoms with E-state index in [4.69, 9.17) is 11.6 Å². The summed E-state index contributed by atoms with van der Waals surface area (Å²) in [7, 11) is 0. The van der Waals surface area contributed by atoms with Crippen molar-refractivity contribution in [1.82, 2.24) is 4.98 Å². The molecule has 1 heterocycles. The third-order valence-electron chi connectivity index (χ3n) is 2.14. The summed E-state index contributed by atoms with van der Waals surface area (Å²) in [4.78, 5) is 14.5. The number of primary amides is 1. The maximum atomic E-state index is 13.5. The average Bonchev–Trinajstić information content (AvgIpc) is 2.19. The van der Waals surface area contributed by atoms with Gasteiger partial charge in [0.1, 0.15) is 0 Å². The van der Waals surface area contributed by atoms with Crippen LogP contribution in [0.2, 0.25) is 0 Å². The van der Waals surface area contributed by atoms with E-state index in [0.717, 1.165) is 0 Å². The second kappa shape index (κ2) is 5.13. The standard InChI is InChI=1S/C10H15F2N5O/c1-10(2,4-7(13)18)16-8-5(11)3-6(12)9(15-8)17-14/h3H,4,14H2,1-2H3,(H2,13,18)(H2,15,16,17). The highest BCUT2D eigenvalue weighted by Gasteiger charge is 2.23. The molecule has 1 rings (SSSR count). The summed E-state index contributed by atoms with van der Waals surface area (Å²) >= 11 is 0. The molecule has 0 fully saturated rings. The predicted molar refractivity (Wildman–Crippen MR) is 63.5 cm³/mol. The molecule has 8 heteroatoms. The first kappa shape index (κ1) is 14.1. The minimum atomic E-state index is -0.909. The number of halogens is 2. The van der Waals surface area contributed by atoms with Gasteiger partial charge in [-0.1, -0.05) is 0 Å². The van der Waals surface area contributed by atoms with Crippen molar-refractivity contribution in [1.29, 1.82) is 0 Å². The number of hydrogen-bond acceptors (Lipinski definition) is 5. The molecule has 0 aliphatic rings. The predicted octanol–water partition coefficient (Wildman–Crippen LogP) is 0.711.